The predicted octanol–water partition coefficient (Wildman–Crippen LogP) is 2.55. The number of nitrogens with zero attached hydrogens (tertiary/aromatic N) is 4. The van der Waals surface area contributed by atoms with Crippen molar-refractivity contribution >= 4 is 29.9 Å². The van der Waals surface area contributed by atoms with Crippen molar-refractivity contribution in [2.24, 2.45) is 12.0 Å². The molecule has 0 aromatic carbocycles. The number of hydrogen-bond donors (Lipinski definition) is 1. The second-order valence-electron chi connectivity index (χ2n) is 5.18. The number of aromatic nitrogens is 2. The lowest BCUT2D eigenvalue weighted by molar-refractivity contribution is 0.461. The molecule has 22 heavy (non-hydrogen) atoms. The van der Waals surface area contributed by atoms with E-state index in [-0.39, 0.29) is 24.0 Å². The van der Waals surface area contributed by atoms with Gasteiger partial charge in [-0.1, -0.05) is 6.07 Å². The third-order valence-electron chi connectivity index (χ3n) is 3.45. The first-order chi connectivity index (χ1) is 10.1. The number of halogens is 1. The standard InChI is InChI=1S/C16H23N5.HI/c1-13-7-8-14(10-18-13)11-19-16(17-2)21(4)12-15-6-5-9-20(15)3;/h5-10H,11-12H2,1-4H3,(H,17,19);1H. The van der Waals surface area contributed by atoms with Crippen molar-refractivity contribution in [1.29, 1.82) is 0 Å². The molecule has 0 aliphatic carbocycles. The van der Waals surface area contributed by atoms with Crippen LogP contribution in [0.15, 0.2) is 41.7 Å². The third kappa shape index (κ3) is 5.01. The number of pyridine rings is 1. The topological polar surface area (TPSA) is 45.5 Å². The molecule has 2 heterocycles. The van der Waals surface area contributed by atoms with Crippen molar-refractivity contribution in [2.45, 2.75) is 20.0 Å². The van der Waals surface area contributed by atoms with Crippen molar-refractivity contribution < 1.29 is 0 Å². The van der Waals surface area contributed by atoms with Crippen LogP contribution in [0.1, 0.15) is 17.0 Å². The Labute approximate surface area is 149 Å². The van der Waals surface area contributed by atoms with Crippen LogP contribution in [0.4, 0.5) is 0 Å². The molecule has 2 rings (SSSR count). The van der Waals surface area contributed by atoms with Gasteiger partial charge in [0.25, 0.3) is 0 Å². The Morgan fingerprint density at radius 2 is 2.14 bits per heavy atom. The monoisotopic (exact) mass is 413 g/mol. The lowest BCUT2D eigenvalue weighted by Gasteiger charge is -2.22. The van der Waals surface area contributed by atoms with Gasteiger partial charge in [-0.2, -0.15) is 0 Å². The van der Waals surface area contributed by atoms with E-state index < -0.39 is 0 Å². The zero-order valence-electron chi connectivity index (χ0n) is 13.6. The summed E-state index contributed by atoms with van der Waals surface area (Å²) in [6.07, 6.45) is 3.95. The second kappa shape index (κ2) is 8.77. The zero-order valence-corrected chi connectivity index (χ0v) is 15.9. The number of nitrogens with one attached hydrogen (secondary N) is 1. The summed E-state index contributed by atoms with van der Waals surface area (Å²) >= 11 is 0. The highest BCUT2D eigenvalue weighted by Gasteiger charge is 2.08. The van der Waals surface area contributed by atoms with Gasteiger partial charge in [-0.15, -0.1) is 24.0 Å². The quantitative estimate of drug-likeness (QED) is 0.476. The molecule has 0 aliphatic rings. The Bertz CT molecular complexity index is 603. The van der Waals surface area contributed by atoms with Crippen LogP contribution in [0, 0.1) is 6.92 Å². The van der Waals surface area contributed by atoms with Gasteiger partial charge in [-0.05, 0) is 30.7 Å². The van der Waals surface area contributed by atoms with E-state index >= 15 is 0 Å². The molecule has 0 unspecified atom stereocenters. The molecule has 1 N–H and O–H groups in total. The second-order valence-corrected chi connectivity index (χ2v) is 5.18. The van der Waals surface area contributed by atoms with E-state index in [9.17, 15) is 0 Å². The zero-order chi connectivity index (χ0) is 15.2. The first-order valence-electron chi connectivity index (χ1n) is 7.03. The van der Waals surface area contributed by atoms with Crippen LogP contribution in [-0.4, -0.2) is 34.5 Å². The van der Waals surface area contributed by atoms with E-state index in [1.165, 1.54) is 5.69 Å². The van der Waals surface area contributed by atoms with Gasteiger partial charge in [0.2, 0.25) is 0 Å². The first kappa shape index (κ1) is 18.5. The lowest BCUT2D eigenvalue weighted by atomic mass is 10.2. The van der Waals surface area contributed by atoms with Gasteiger partial charge in [0.15, 0.2) is 5.96 Å². The average Bonchev–Trinajstić information content (AvgIpc) is 2.87. The van der Waals surface area contributed by atoms with Crippen LogP contribution < -0.4 is 5.32 Å². The summed E-state index contributed by atoms with van der Waals surface area (Å²) in [5, 5.41) is 3.36. The first-order valence-corrected chi connectivity index (χ1v) is 7.03. The molecule has 120 valence electrons. The van der Waals surface area contributed by atoms with Gasteiger partial charge in [-0.25, -0.2) is 0 Å². The number of guanidine groups is 1. The fourth-order valence-corrected chi connectivity index (χ4v) is 2.15. The summed E-state index contributed by atoms with van der Waals surface area (Å²) in [4.78, 5) is 10.7. The summed E-state index contributed by atoms with van der Waals surface area (Å²) in [6, 6.07) is 8.28. The molecular weight excluding hydrogens is 389 g/mol. The molecule has 0 bridgehead atoms. The van der Waals surface area contributed by atoms with Crippen molar-refractivity contribution in [3.05, 3.63) is 53.6 Å². The molecule has 6 heteroatoms. The molecule has 0 saturated heterocycles. The highest BCUT2D eigenvalue weighted by molar-refractivity contribution is 14.0. The predicted molar refractivity (Wildman–Crippen MR) is 101 cm³/mol. The van der Waals surface area contributed by atoms with E-state index in [4.69, 9.17) is 0 Å². The largest absolute Gasteiger partial charge is 0.353 e. The lowest BCUT2D eigenvalue weighted by Crippen LogP contribution is -2.38. The minimum Gasteiger partial charge on any atom is -0.353 e. The fourth-order valence-electron chi connectivity index (χ4n) is 2.15. The Hall–Kier alpha value is -1.57. The molecule has 0 aliphatic heterocycles. The van der Waals surface area contributed by atoms with Gasteiger partial charge >= 0.3 is 0 Å². The Kier molecular flexibility index (Phi) is 7.37. The molecule has 0 fully saturated rings. The van der Waals surface area contributed by atoms with Crippen LogP contribution >= 0.6 is 24.0 Å². The molecule has 5 nitrogen and oxygen atoms in total. The van der Waals surface area contributed by atoms with Gasteiger partial charge in [0.1, 0.15) is 0 Å². The van der Waals surface area contributed by atoms with Gasteiger partial charge in [0, 0.05) is 51.5 Å². The van der Waals surface area contributed by atoms with E-state index in [1.54, 1.807) is 7.05 Å². The van der Waals surface area contributed by atoms with E-state index in [0.29, 0.717) is 0 Å². The Morgan fingerprint density at radius 3 is 2.68 bits per heavy atom. The molecule has 0 spiro atoms. The SMILES string of the molecule is CN=C(NCc1ccc(C)nc1)N(C)Cc1cccn1C.I. The molecule has 0 atom stereocenters. The summed E-state index contributed by atoms with van der Waals surface area (Å²) in [5.74, 6) is 0.872. The minimum absolute atomic E-state index is 0. The summed E-state index contributed by atoms with van der Waals surface area (Å²) < 4.78 is 2.12. The number of aliphatic imine (C=N–C) groups is 1. The fraction of sp³-hybridized carbons (Fsp3) is 0.375. The number of aryl methyl sites for hydroxylation is 2. The van der Waals surface area contributed by atoms with E-state index in [2.05, 4.69) is 56.2 Å². The van der Waals surface area contributed by atoms with Gasteiger partial charge in [-0.3, -0.25) is 9.98 Å². The third-order valence-corrected chi connectivity index (χ3v) is 3.45. The molecule has 0 saturated carbocycles. The van der Waals surface area contributed by atoms with E-state index in [0.717, 1.165) is 30.3 Å². The van der Waals surface area contributed by atoms with Crippen molar-refractivity contribution in [2.75, 3.05) is 14.1 Å². The smallest absolute Gasteiger partial charge is 0.194 e. The van der Waals surface area contributed by atoms with Crippen LogP contribution in [0.3, 0.4) is 0 Å². The molecule has 2 aromatic heterocycles. The van der Waals surface area contributed by atoms with E-state index in [1.807, 2.05) is 26.2 Å². The Balaban J connectivity index is 0.00000242. The number of hydrogen-bond acceptors (Lipinski definition) is 2. The summed E-state index contributed by atoms with van der Waals surface area (Å²) in [5.41, 5.74) is 3.43. The normalized spacial score (nSPS) is 11.0. The molecular formula is C16H24IN5. The van der Waals surface area contributed by atoms with Gasteiger partial charge in [0.05, 0.1) is 6.54 Å². The van der Waals surface area contributed by atoms with Gasteiger partial charge < -0.3 is 14.8 Å². The van der Waals surface area contributed by atoms with Crippen molar-refractivity contribution in [3.63, 3.8) is 0 Å². The number of rotatable bonds is 4. The molecule has 0 amide bonds. The maximum Gasteiger partial charge on any atom is 0.194 e. The molecule has 2 aromatic rings. The summed E-state index contributed by atoms with van der Waals surface area (Å²) in [6.45, 7) is 3.52. The van der Waals surface area contributed by atoms with Crippen molar-refractivity contribution in [1.82, 2.24) is 19.8 Å². The van der Waals surface area contributed by atoms with Crippen LogP contribution in [0.2, 0.25) is 0 Å². The molecule has 0 radical (unpaired) electrons. The highest BCUT2D eigenvalue weighted by Crippen LogP contribution is 2.04. The van der Waals surface area contributed by atoms with Crippen LogP contribution in [0.25, 0.3) is 0 Å². The average molecular weight is 413 g/mol. The van der Waals surface area contributed by atoms with Crippen molar-refractivity contribution in [3.8, 4) is 0 Å². The maximum absolute atomic E-state index is 4.33. The highest BCUT2D eigenvalue weighted by atomic mass is 127. The van der Waals surface area contributed by atoms with Crippen LogP contribution in [0.5, 0.6) is 0 Å². The Morgan fingerprint density at radius 1 is 1.36 bits per heavy atom. The van der Waals surface area contributed by atoms with Crippen LogP contribution in [-0.2, 0) is 20.1 Å². The summed E-state index contributed by atoms with van der Waals surface area (Å²) in [7, 11) is 5.89. The minimum atomic E-state index is 0. The maximum atomic E-state index is 4.33.